The Kier molecular flexibility index (Phi) is 12.3. The molecule has 0 aliphatic heterocycles. The molecular formula is C87H60N2. The van der Waals surface area contributed by atoms with E-state index in [0.29, 0.717) is 0 Å². The average Bonchev–Trinajstić information content (AvgIpc) is 0.894. The van der Waals surface area contributed by atoms with E-state index in [1.165, 1.54) is 120 Å². The molecule has 0 radical (unpaired) electrons. The van der Waals surface area contributed by atoms with Crippen LogP contribution in [0.25, 0.3) is 120 Å². The molecule has 1 aliphatic carbocycles. The van der Waals surface area contributed by atoms with Gasteiger partial charge in [-0.2, -0.15) is 0 Å². The molecule has 0 bridgehead atoms. The van der Waals surface area contributed by atoms with Crippen molar-refractivity contribution in [2.75, 3.05) is 9.80 Å². The van der Waals surface area contributed by atoms with E-state index in [1.54, 1.807) is 0 Å². The molecular weight excluding hydrogens is 1070 g/mol. The molecule has 17 rings (SSSR count). The van der Waals surface area contributed by atoms with Crippen LogP contribution in [0.1, 0.15) is 25.0 Å². The number of hydrogen-bond donors (Lipinski definition) is 0. The first-order chi connectivity index (χ1) is 43.8. The Labute approximate surface area is 519 Å². The zero-order chi connectivity index (χ0) is 59.2. The Morgan fingerprint density at radius 3 is 1.00 bits per heavy atom. The van der Waals surface area contributed by atoms with Gasteiger partial charge in [0.05, 0.1) is 0 Å². The SMILES string of the molecule is CC1(C)c2cc(N(c3cc(-c4ccccc4)cc(-c4ccccc4)c3)c3ccc4ccc5ccccc5c4c3)ccc2-c2cc3ccc(N(c4cc(-c5ccccc5)cc(-c5ccccc5)c4)c4ccc5ccc6ccccc6c5c4)cc3c3cccc1c23. The van der Waals surface area contributed by atoms with E-state index in [-0.39, 0.29) is 5.41 Å². The summed E-state index contributed by atoms with van der Waals surface area (Å²) in [7, 11) is 0. The van der Waals surface area contributed by atoms with Crippen LogP contribution >= 0.6 is 0 Å². The number of rotatable bonds is 10. The maximum absolute atomic E-state index is 2.50. The van der Waals surface area contributed by atoms with Crippen LogP contribution in [0.2, 0.25) is 0 Å². The zero-order valence-electron chi connectivity index (χ0n) is 49.6. The molecule has 0 unspecified atom stereocenters. The van der Waals surface area contributed by atoms with Crippen molar-refractivity contribution in [3.05, 3.63) is 339 Å². The quantitative estimate of drug-likeness (QED) is 0.126. The third kappa shape index (κ3) is 8.94. The molecule has 0 N–H and O–H groups in total. The monoisotopic (exact) mass is 1130 g/mol. The van der Waals surface area contributed by atoms with Gasteiger partial charge in [0, 0.05) is 39.5 Å². The predicted molar refractivity (Wildman–Crippen MR) is 380 cm³/mol. The lowest BCUT2D eigenvalue weighted by Gasteiger charge is -2.37. The van der Waals surface area contributed by atoms with E-state index in [4.69, 9.17) is 0 Å². The predicted octanol–water partition coefficient (Wildman–Crippen LogP) is 24.5. The number of hydrogen-bond acceptors (Lipinski definition) is 2. The summed E-state index contributed by atoms with van der Waals surface area (Å²) >= 11 is 0. The molecule has 16 aromatic carbocycles. The number of fused-ring (bicyclic) bond motifs is 10. The molecule has 89 heavy (non-hydrogen) atoms. The topological polar surface area (TPSA) is 6.48 Å². The van der Waals surface area contributed by atoms with E-state index in [1.807, 2.05) is 0 Å². The first kappa shape index (κ1) is 52.0. The largest absolute Gasteiger partial charge is 0.310 e. The van der Waals surface area contributed by atoms with Crippen molar-refractivity contribution in [1.29, 1.82) is 0 Å². The molecule has 0 fully saturated rings. The van der Waals surface area contributed by atoms with Gasteiger partial charge in [0.25, 0.3) is 0 Å². The van der Waals surface area contributed by atoms with Crippen LogP contribution in [0.5, 0.6) is 0 Å². The fraction of sp³-hybridized carbons (Fsp3) is 0.0345. The molecule has 2 nitrogen and oxygen atoms in total. The van der Waals surface area contributed by atoms with E-state index in [2.05, 4.69) is 351 Å². The van der Waals surface area contributed by atoms with E-state index < -0.39 is 0 Å². The van der Waals surface area contributed by atoms with Gasteiger partial charge < -0.3 is 9.80 Å². The van der Waals surface area contributed by atoms with Crippen LogP contribution in [0.4, 0.5) is 34.1 Å². The highest BCUT2D eigenvalue weighted by atomic mass is 15.1. The van der Waals surface area contributed by atoms with Gasteiger partial charge in [0.1, 0.15) is 0 Å². The van der Waals surface area contributed by atoms with Crippen molar-refractivity contribution in [2.45, 2.75) is 19.3 Å². The van der Waals surface area contributed by atoms with Crippen LogP contribution in [0.3, 0.4) is 0 Å². The summed E-state index contributed by atoms with van der Waals surface area (Å²) in [6.07, 6.45) is 0. The summed E-state index contributed by atoms with van der Waals surface area (Å²) in [6.45, 7) is 4.86. The minimum absolute atomic E-state index is 0.374. The fourth-order valence-corrected chi connectivity index (χ4v) is 14.5. The molecule has 2 heteroatoms. The van der Waals surface area contributed by atoms with Crippen LogP contribution < -0.4 is 9.80 Å². The first-order valence-corrected chi connectivity index (χ1v) is 30.9. The van der Waals surface area contributed by atoms with Crippen LogP contribution in [0, 0.1) is 0 Å². The fourth-order valence-electron chi connectivity index (χ4n) is 14.5. The van der Waals surface area contributed by atoms with Gasteiger partial charge in [0.2, 0.25) is 0 Å². The van der Waals surface area contributed by atoms with Gasteiger partial charge >= 0.3 is 0 Å². The first-order valence-electron chi connectivity index (χ1n) is 30.9. The minimum Gasteiger partial charge on any atom is -0.310 e. The van der Waals surface area contributed by atoms with Crippen molar-refractivity contribution < 1.29 is 0 Å². The molecule has 0 saturated heterocycles. The Morgan fingerprint density at radius 2 is 0.551 bits per heavy atom. The summed E-state index contributed by atoms with van der Waals surface area (Å²) in [6, 6.07) is 122. The van der Waals surface area contributed by atoms with Gasteiger partial charge in [-0.15, -0.1) is 0 Å². The molecule has 16 aromatic rings. The second-order valence-electron chi connectivity index (χ2n) is 24.5. The summed E-state index contributed by atoms with van der Waals surface area (Å²) < 4.78 is 0. The summed E-state index contributed by atoms with van der Waals surface area (Å²) in [5.74, 6) is 0. The summed E-state index contributed by atoms with van der Waals surface area (Å²) in [5.41, 5.74) is 20.7. The average molecular weight is 1130 g/mol. The highest BCUT2D eigenvalue weighted by Gasteiger charge is 2.35. The minimum atomic E-state index is -0.374. The Bertz CT molecular complexity index is 5340. The van der Waals surface area contributed by atoms with Gasteiger partial charge in [0.15, 0.2) is 0 Å². The lowest BCUT2D eigenvalue weighted by Crippen LogP contribution is -2.24. The van der Waals surface area contributed by atoms with Gasteiger partial charge in [-0.25, -0.2) is 0 Å². The molecule has 0 spiro atoms. The molecule has 0 amide bonds. The third-order valence-corrected chi connectivity index (χ3v) is 18.9. The number of benzene rings is 16. The van der Waals surface area contributed by atoms with Crippen LogP contribution in [0.15, 0.2) is 328 Å². The normalized spacial score (nSPS) is 12.5. The maximum atomic E-state index is 2.50. The Morgan fingerprint density at radius 1 is 0.202 bits per heavy atom. The van der Waals surface area contributed by atoms with Crippen LogP contribution in [-0.2, 0) is 5.41 Å². The van der Waals surface area contributed by atoms with Crippen molar-refractivity contribution in [1.82, 2.24) is 0 Å². The van der Waals surface area contributed by atoms with Gasteiger partial charge in [-0.3, -0.25) is 0 Å². The number of nitrogens with zero attached hydrogens (tertiary/aromatic N) is 2. The lowest BCUT2D eigenvalue weighted by atomic mass is 9.68. The van der Waals surface area contributed by atoms with Gasteiger partial charge in [-0.1, -0.05) is 250 Å². The molecule has 1 aliphatic rings. The van der Waals surface area contributed by atoms with Gasteiger partial charge in [-0.05, 0) is 222 Å². The van der Waals surface area contributed by atoms with E-state index >= 15 is 0 Å². The molecule has 0 heterocycles. The second kappa shape index (κ2) is 21.0. The third-order valence-electron chi connectivity index (χ3n) is 18.9. The van der Waals surface area contributed by atoms with E-state index in [0.717, 1.165) is 45.3 Å². The Hall–Kier alpha value is -11.3. The molecule has 418 valence electrons. The molecule has 0 atom stereocenters. The smallest absolute Gasteiger partial charge is 0.0473 e. The Balaban J connectivity index is 0.859. The van der Waals surface area contributed by atoms with Crippen molar-refractivity contribution >= 4 is 98.8 Å². The highest BCUT2D eigenvalue weighted by Crippen LogP contribution is 2.53. The lowest BCUT2D eigenvalue weighted by molar-refractivity contribution is 0.645. The summed E-state index contributed by atoms with van der Waals surface area (Å²) in [4.78, 5) is 4.98. The van der Waals surface area contributed by atoms with Crippen molar-refractivity contribution in [3.63, 3.8) is 0 Å². The van der Waals surface area contributed by atoms with Crippen molar-refractivity contribution in [2.24, 2.45) is 0 Å². The van der Waals surface area contributed by atoms with Crippen molar-refractivity contribution in [3.8, 4) is 55.6 Å². The van der Waals surface area contributed by atoms with E-state index in [9.17, 15) is 0 Å². The molecule has 0 aromatic heterocycles. The number of anilines is 6. The molecule has 0 saturated carbocycles. The second-order valence-corrected chi connectivity index (χ2v) is 24.5. The highest BCUT2D eigenvalue weighted by molar-refractivity contribution is 6.18. The standard InChI is InChI=1S/C87H60N2/c1-87(2)84-33-19-32-79-82-55-72(88(70-41-38-63-36-34-61-28-15-17-30-76(61)80(63)53-70)74-48-66(57-20-7-3-8-21-57)46-67(49-74)58-22-9-4-10-23-58)43-40-65(82)52-83(86(79)84)78-45-44-73(56-85(78)87)89(71-42-39-64-37-35-62-29-16-18-31-77(62)81(64)54-71)75-50-68(59-24-11-5-12-25-59)47-69(51-75)60-26-13-6-14-27-60/h3-56H,1-2H3. The van der Waals surface area contributed by atoms with Crippen LogP contribution in [-0.4, -0.2) is 0 Å². The maximum Gasteiger partial charge on any atom is 0.0473 e. The zero-order valence-corrected chi connectivity index (χ0v) is 49.6. The summed E-state index contributed by atoms with van der Waals surface area (Å²) in [5, 5.41) is 14.8.